The maximum Gasteiger partial charge on any atom is 0.133 e. The van der Waals surface area contributed by atoms with Crippen molar-refractivity contribution in [3.05, 3.63) is 12.4 Å². The number of anilines is 2. The molecule has 1 aromatic rings. The van der Waals surface area contributed by atoms with Gasteiger partial charge >= 0.3 is 0 Å². The van der Waals surface area contributed by atoms with E-state index in [4.69, 9.17) is 0 Å². The van der Waals surface area contributed by atoms with E-state index >= 15 is 0 Å². The molecule has 0 aliphatic heterocycles. The van der Waals surface area contributed by atoms with Crippen molar-refractivity contribution in [1.29, 1.82) is 0 Å². The molecule has 0 fully saturated rings. The van der Waals surface area contributed by atoms with Crippen LogP contribution in [0.2, 0.25) is 0 Å². The zero-order valence-electron chi connectivity index (χ0n) is 12.8. The molecule has 108 valence electrons. The van der Waals surface area contributed by atoms with Gasteiger partial charge in [-0.1, -0.05) is 13.3 Å². The second-order valence-corrected chi connectivity index (χ2v) is 5.52. The van der Waals surface area contributed by atoms with E-state index in [2.05, 4.69) is 53.3 Å². The Labute approximate surface area is 116 Å². The molecule has 0 aliphatic rings. The third kappa shape index (κ3) is 5.42. The number of aromatic nitrogens is 2. The van der Waals surface area contributed by atoms with Crippen molar-refractivity contribution in [1.82, 2.24) is 15.3 Å². The van der Waals surface area contributed by atoms with Gasteiger partial charge in [-0.25, -0.2) is 9.97 Å². The number of unbranched alkanes of at least 4 members (excludes halogenated alkanes) is 1. The van der Waals surface area contributed by atoms with Gasteiger partial charge in [0.1, 0.15) is 18.0 Å². The largest absolute Gasteiger partial charge is 0.368 e. The molecule has 1 heterocycles. The van der Waals surface area contributed by atoms with Crippen molar-refractivity contribution in [2.75, 3.05) is 37.4 Å². The fraction of sp³-hybridized carbons (Fsp3) is 0.714. The lowest BCUT2D eigenvalue weighted by Gasteiger charge is -2.25. The highest BCUT2D eigenvalue weighted by atomic mass is 15.2. The Hall–Kier alpha value is -1.36. The number of likely N-dealkylation sites (N-methyl/N-ethyl adjacent to an activating group) is 1. The first-order chi connectivity index (χ1) is 8.98. The third-order valence-corrected chi connectivity index (χ3v) is 3.28. The zero-order valence-corrected chi connectivity index (χ0v) is 12.8. The first-order valence-electron chi connectivity index (χ1n) is 6.94. The van der Waals surface area contributed by atoms with Crippen LogP contribution < -0.4 is 15.5 Å². The molecule has 5 heteroatoms. The van der Waals surface area contributed by atoms with Crippen LogP contribution in [-0.2, 0) is 0 Å². The molecule has 1 aromatic heterocycles. The molecule has 0 aliphatic carbocycles. The van der Waals surface area contributed by atoms with E-state index < -0.39 is 0 Å². The fourth-order valence-corrected chi connectivity index (χ4v) is 1.56. The SMILES string of the molecule is CCCCN(C)c1cc(NCC(C)(C)NC)ncn1. The first kappa shape index (κ1) is 15.7. The average molecular weight is 265 g/mol. The summed E-state index contributed by atoms with van der Waals surface area (Å²) < 4.78 is 0. The van der Waals surface area contributed by atoms with Gasteiger partial charge in [-0.05, 0) is 27.3 Å². The van der Waals surface area contributed by atoms with Gasteiger partial charge in [0.25, 0.3) is 0 Å². The first-order valence-corrected chi connectivity index (χ1v) is 6.94. The molecule has 5 nitrogen and oxygen atoms in total. The minimum Gasteiger partial charge on any atom is -0.368 e. The van der Waals surface area contributed by atoms with Crippen LogP contribution in [0.25, 0.3) is 0 Å². The molecule has 0 aromatic carbocycles. The Bertz CT molecular complexity index is 378. The summed E-state index contributed by atoms with van der Waals surface area (Å²) in [6.45, 7) is 8.33. The van der Waals surface area contributed by atoms with Crippen LogP contribution in [0.1, 0.15) is 33.6 Å². The van der Waals surface area contributed by atoms with Gasteiger partial charge in [0, 0.05) is 31.7 Å². The molecule has 0 saturated carbocycles. The summed E-state index contributed by atoms with van der Waals surface area (Å²) in [6.07, 6.45) is 3.99. The maximum atomic E-state index is 4.32. The Morgan fingerprint density at radius 3 is 2.68 bits per heavy atom. The molecule has 0 unspecified atom stereocenters. The molecule has 1 rings (SSSR count). The van der Waals surface area contributed by atoms with Crippen LogP contribution in [0.5, 0.6) is 0 Å². The van der Waals surface area contributed by atoms with Gasteiger partial charge in [-0.3, -0.25) is 0 Å². The molecule has 19 heavy (non-hydrogen) atoms. The standard InChI is InChI=1S/C14H27N5/c1-6-7-8-19(5)13-9-12(17-11-18-13)16-10-14(2,3)15-4/h9,11,15H,6-8,10H2,1-5H3,(H,16,17,18). The second kappa shape index (κ2) is 7.28. The van der Waals surface area contributed by atoms with E-state index in [1.165, 1.54) is 12.8 Å². The highest BCUT2D eigenvalue weighted by Crippen LogP contribution is 2.14. The molecule has 0 saturated heterocycles. The van der Waals surface area contributed by atoms with Crippen LogP contribution in [0.15, 0.2) is 12.4 Å². The highest BCUT2D eigenvalue weighted by Gasteiger charge is 2.14. The zero-order chi connectivity index (χ0) is 14.3. The monoisotopic (exact) mass is 265 g/mol. The van der Waals surface area contributed by atoms with E-state index in [1.807, 2.05) is 13.1 Å². The van der Waals surface area contributed by atoms with Gasteiger partial charge in [0.15, 0.2) is 0 Å². The van der Waals surface area contributed by atoms with E-state index in [0.717, 1.165) is 24.7 Å². The van der Waals surface area contributed by atoms with Crippen LogP contribution in [0, 0.1) is 0 Å². The minimum atomic E-state index is 0.0409. The van der Waals surface area contributed by atoms with Gasteiger partial charge in [-0.2, -0.15) is 0 Å². The molecular formula is C14H27N5. The number of hydrogen-bond acceptors (Lipinski definition) is 5. The van der Waals surface area contributed by atoms with Crippen LogP contribution >= 0.6 is 0 Å². The third-order valence-electron chi connectivity index (χ3n) is 3.28. The lowest BCUT2D eigenvalue weighted by Crippen LogP contribution is -2.42. The second-order valence-electron chi connectivity index (χ2n) is 5.52. The normalized spacial score (nSPS) is 11.4. The summed E-state index contributed by atoms with van der Waals surface area (Å²) in [5.74, 6) is 1.84. The van der Waals surface area contributed by atoms with Crippen molar-refractivity contribution in [3.8, 4) is 0 Å². The van der Waals surface area contributed by atoms with E-state index in [1.54, 1.807) is 6.33 Å². The molecule has 0 spiro atoms. The summed E-state index contributed by atoms with van der Waals surface area (Å²) in [7, 11) is 4.03. The van der Waals surface area contributed by atoms with Crippen molar-refractivity contribution >= 4 is 11.6 Å². The van der Waals surface area contributed by atoms with Crippen molar-refractivity contribution in [2.24, 2.45) is 0 Å². The van der Waals surface area contributed by atoms with Gasteiger partial charge in [-0.15, -0.1) is 0 Å². The lowest BCUT2D eigenvalue weighted by atomic mass is 10.1. The number of rotatable bonds is 8. The predicted molar refractivity (Wildman–Crippen MR) is 81.8 cm³/mol. The van der Waals surface area contributed by atoms with Crippen LogP contribution in [0.4, 0.5) is 11.6 Å². The Morgan fingerprint density at radius 1 is 1.32 bits per heavy atom. The Balaban J connectivity index is 2.61. The van der Waals surface area contributed by atoms with Crippen LogP contribution in [0.3, 0.4) is 0 Å². The fourth-order valence-electron chi connectivity index (χ4n) is 1.56. The smallest absolute Gasteiger partial charge is 0.133 e. The summed E-state index contributed by atoms with van der Waals surface area (Å²) in [5, 5.41) is 6.61. The molecule has 2 N–H and O–H groups in total. The van der Waals surface area contributed by atoms with Crippen molar-refractivity contribution in [3.63, 3.8) is 0 Å². The number of nitrogens with zero attached hydrogens (tertiary/aromatic N) is 3. The van der Waals surface area contributed by atoms with Gasteiger partial charge in [0.2, 0.25) is 0 Å². The summed E-state index contributed by atoms with van der Waals surface area (Å²) in [6, 6.07) is 2.00. The summed E-state index contributed by atoms with van der Waals surface area (Å²) in [4.78, 5) is 10.7. The molecule has 0 radical (unpaired) electrons. The topological polar surface area (TPSA) is 53.1 Å². The minimum absolute atomic E-state index is 0.0409. The summed E-state index contributed by atoms with van der Waals surface area (Å²) >= 11 is 0. The maximum absolute atomic E-state index is 4.32. The van der Waals surface area contributed by atoms with E-state index in [9.17, 15) is 0 Å². The molecular weight excluding hydrogens is 238 g/mol. The Morgan fingerprint density at radius 2 is 2.05 bits per heavy atom. The quantitative estimate of drug-likeness (QED) is 0.754. The molecule has 0 bridgehead atoms. The number of nitrogens with one attached hydrogen (secondary N) is 2. The lowest BCUT2D eigenvalue weighted by molar-refractivity contribution is 0.447. The molecule has 0 atom stereocenters. The number of hydrogen-bond donors (Lipinski definition) is 2. The highest BCUT2D eigenvalue weighted by molar-refractivity contribution is 5.48. The summed E-state index contributed by atoms with van der Waals surface area (Å²) in [5.41, 5.74) is 0.0409. The van der Waals surface area contributed by atoms with Crippen molar-refractivity contribution < 1.29 is 0 Å². The van der Waals surface area contributed by atoms with Gasteiger partial charge in [0.05, 0.1) is 0 Å². The van der Waals surface area contributed by atoms with Gasteiger partial charge < -0.3 is 15.5 Å². The van der Waals surface area contributed by atoms with Crippen molar-refractivity contribution in [2.45, 2.75) is 39.2 Å². The van der Waals surface area contributed by atoms with Crippen LogP contribution in [-0.4, -0.2) is 42.7 Å². The average Bonchev–Trinajstić information content (AvgIpc) is 2.43. The van der Waals surface area contributed by atoms with E-state index in [-0.39, 0.29) is 5.54 Å². The van der Waals surface area contributed by atoms with E-state index in [0.29, 0.717) is 0 Å². The predicted octanol–water partition coefficient (Wildman–Crippen LogP) is 2.12. The molecule has 0 amide bonds. The Kier molecular flexibility index (Phi) is 6.02.